The first kappa shape index (κ1) is 26.8. The second kappa shape index (κ2) is 10.5. The second-order valence-electron chi connectivity index (χ2n) is 11.2. The number of carbonyl (C=O) groups is 3. The number of ether oxygens (including phenoxy) is 1. The summed E-state index contributed by atoms with van der Waals surface area (Å²) in [5.74, 6) is -0.301. The Hall–Kier alpha value is -4.44. The van der Waals surface area contributed by atoms with Gasteiger partial charge in [0.15, 0.2) is 0 Å². The van der Waals surface area contributed by atoms with Crippen molar-refractivity contribution in [3.8, 4) is 11.1 Å². The third kappa shape index (κ3) is 5.35. The Bertz CT molecular complexity index is 1650. The number of pyridine rings is 1. The van der Waals surface area contributed by atoms with Crippen LogP contribution in [-0.4, -0.2) is 52.6 Å². The smallest absolute Gasteiger partial charge is 0.410 e. The predicted molar refractivity (Wildman–Crippen MR) is 161 cm³/mol. The summed E-state index contributed by atoms with van der Waals surface area (Å²) in [6.45, 7) is 6.44. The van der Waals surface area contributed by atoms with Crippen molar-refractivity contribution in [1.82, 2.24) is 15.2 Å². The minimum absolute atomic E-state index is 0.231. The number of likely N-dealkylation sites (tertiary alicyclic amines) is 1. The van der Waals surface area contributed by atoms with Gasteiger partial charge in [-0.2, -0.15) is 0 Å². The molecule has 10 heteroatoms. The molecule has 2 aromatic carbocycles. The number of nitrogens with zero attached hydrogens (tertiary/aromatic N) is 3. The van der Waals surface area contributed by atoms with Crippen molar-refractivity contribution < 1.29 is 19.1 Å². The lowest BCUT2D eigenvalue weighted by Gasteiger charge is -2.34. The van der Waals surface area contributed by atoms with Gasteiger partial charge in [-0.3, -0.25) is 9.69 Å². The van der Waals surface area contributed by atoms with E-state index in [-0.39, 0.29) is 24.1 Å². The highest BCUT2D eigenvalue weighted by atomic mass is 32.1. The SMILES string of the molecule is CC(C)(C)OC(=O)N1CCCC(NC(=O)c2sc3nccc4c3c2NC(=O)N4c2cccc(-c3ccccc3)c2)C1. The number of piperidine rings is 1. The molecule has 6 rings (SSSR count). The van der Waals surface area contributed by atoms with Crippen LogP contribution in [0.1, 0.15) is 43.3 Å². The first-order valence-electron chi connectivity index (χ1n) is 13.6. The zero-order chi connectivity index (χ0) is 28.7. The number of rotatable bonds is 4. The Balaban J connectivity index is 1.27. The molecule has 2 aromatic heterocycles. The fraction of sp³-hybridized carbons (Fsp3) is 0.290. The van der Waals surface area contributed by atoms with Crippen molar-refractivity contribution in [2.75, 3.05) is 23.3 Å². The summed E-state index contributed by atoms with van der Waals surface area (Å²) >= 11 is 1.24. The van der Waals surface area contributed by atoms with Gasteiger partial charge in [-0.1, -0.05) is 42.5 Å². The Labute approximate surface area is 242 Å². The quantitative estimate of drug-likeness (QED) is 0.282. The Morgan fingerprint density at radius 3 is 2.63 bits per heavy atom. The summed E-state index contributed by atoms with van der Waals surface area (Å²) in [7, 11) is 0. The monoisotopic (exact) mass is 569 g/mol. The van der Waals surface area contributed by atoms with Gasteiger partial charge < -0.3 is 20.3 Å². The second-order valence-corrected chi connectivity index (χ2v) is 12.2. The summed E-state index contributed by atoms with van der Waals surface area (Å²) in [6.07, 6.45) is 2.77. The van der Waals surface area contributed by atoms with E-state index >= 15 is 0 Å². The number of hydrogen-bond acceptors (Lipinski definition) is 6. The molecule has 2 aliphatic heterocycles. The highest BCUT2D eigenvalue weighted by molar-refractivity contribution is 7.21. The van der Waals surface area contributed by atoms with E-state index in [0.717, 1.165) is 29.4 Å². The number of aromatic nitrogens is 1. The molecule has 4 aromatic rings. The minimum atomic E-state index is -0.591. The number of amides is 4. The molecule has 0 radical (unpaired) electrons. The first-order chi connectivity index (χ1) is 19.7. The van der Waals surface area contributed by atoms with E-state index in [0.29, 0.717) is 39.9 Å². The summed E-state index contributed by atoms with van der Waals surface area (Å²) in [6, 6.07) is 19.0. The van der Waals surface area contributed by atoms with E-state index in [4.69, 9.17) is 4.74 Å². The number of hydrogen-bond donors (Lipinski definition) is 2. The Kier molecular flexibility index (Phi) is 6.86. The minimum Gasteiger partial charge on any atom is -0.444 e. The van der Waals surface area contributed by atoms with Crippen LogP contribution in [0.25, 0.3) is 21.3 Å². The van der Waals surface area contributed by atoms with Crippen molar-refractivity contribution in [1.29, 1.82) is 0 Å². The molecule has 9 nitrogen and oxygen atoms in total. The molecule has 4 heterocycles. The number of urea groups is 1. The first-order valence-corrected chi connectivity index (χ1v) is 14.5. The molecule has 1 atom stereocenters. The van der Waals surface area contributed by atoms with Crippen LogP contribution in [0.15, 0.2) is 66.9 Å². The van der Waals surface area contributed by atoms with Gasteiger partial charge >= 0.3 is 12.1 Å². The standard InChI is InChI=1S/C31H31N5O4S/c1-31(2,3)40-30(39)35-16-8-12-21(18-35)33-27(37)26-25-24-23(14-15-32-28(24)41-26)36(29(38)34-25)22-13-7-11-20(17-22)19-9-5-4-6-10-19/h4-7,9-11,13-15,17,21H,8,12,16,18H2,1-3H3,(H,33,37)(H,34,38). The maximum atomic E-state index is 13.5. The van der Waals surface area contributed by atoms with Crippen LogP contribution in [-0.2, 0) is 4.74 Å². The maximum absolute atomic E-state index is 13.5. The molecule has 4 amide bonds. The Morgan fingerprint density at radius 1 is 1.07 bits per heavy atom. The van der Waals surface area contributed by atoms with Crippen molar-refractivity contribution in [2.24, 2.45) is 0 Å². The fourth-order valence-corrected chi connectivity index (χ4v) is 6.32. The average Bonchev–Trinajstić information content (AvgIpc) is 3.32. The molecule has 1 unspecified atom stereocenters. The van der Waals surface area contributed by atoms with Crippen LogP contribution in [0.5, 0.6) is 0 Å². The molecule has 210 valence electrons. The van der Waals surface area contributed by atoms with Crippen LogP contribution in [0.2, 0.25) is 0 Å². The maximum Gasteiger partial charge on any atom is 0.410 e. The normalized spacial score (nSPS) is 16.9. The summed E-state index contributed by atoms with van der Waals surface area (Å²) in [4.78, 5) is 48.5. The van der Waals surface area contributed by atoms with Gasteiger partial charge in [0.1, 0.15) is 15.3 Å². The zero-order valence-corrected chi connectivity index (χ0v) is 24.0. The molecule has 0 spiro atoms. The van der Waals surface area contributed by atoms with E-state index in [2.05, 4.69) is 15.6 Å². The Morgan fingerprint density at radius 2 is 1.85 bits per heavy atom. The van der Waals surface area contributed by atoms with E-state index in [1.54, 1.807) is 22.1 Å². The van der Waals surface area contributed by atoms with Crippen molar-refractivity contribution in [3.05, 3.63) is 71.7 Å². The summed E-state index contributed by atoms with van der Waals surface area (Å²) in [5, 5.41) is 6.77. The van der Waals surface area contributed by atoms with E-state index in [9.17, 15) is 14.4 Å². The molecule has 1 fully saturated rings. The molecule has 2 N–H and O–H groups in total. The number of carbonyl (C=O) groups excluding carboxylic acids is 3. The van der Waals surface area contributed by atoms with E-state index in [1.807, 2.05) is 75.4 Å². The predicted octanol–water partition coefficient (Wildman–Crippen LogP) is 6.78. The van der Waals surface area contributed by atoms with Crippen molar-refractivity contribution in [2.45, 2.75) is 45.3 Å². The lowest BCUT2D eigenvalue weighted by Crippen LogP contribution is -2.50. The molecule has 41 heavy (non-hydrogen) atoms. The lowest BCUT2D eigenvalue weighted by molar-refractivity contribution is 0.0185. The van der Waals surface area contributed by atoms with Gasteiger partial charge in [0.05, 0.1) is 22.4 Å². The van der Waals surface area contributed by atoms with Gasteiger partial charge in [0, 0.05) is 25.3 Å². The van der Waals surface area contributed by atoms with Crippen molar-refractivity contribution >= 4 is 56.6 Å². The van der Waals surface area contributed by atoms with Crippen LogP contribution in [0.4, 0.5) is 26.7 Å². The lowest BCUT2D eigenvalue weighted by atomic mass is 10.0. The summed E-state index contributed by atoms with van der Waals surface area (Å²) < 4.78 is 5.52. The van der Waals surface area contributed by atoms with Gasteiger partial charge in [0.2, 0.25) is 0 Å². The van der Waals surface area contributed by atoms with Crippen LogP contribution in [0.3, 0.4) is 0 Å². The highest BCUT2D eigenvalue weighted by Gasteiger charge is 2.34. The number of benzene rings is 2. The molecule has 2 aliphatic rings. The average molecular weight is 570 g/mol. The van der Waals surface area contributed by atoms with Crippen LogP contribution < -0.4 is 15.5 Å². The molecule has 1 saturated heterocycles. The van der Waals surface area contributed by atoms with Gasteiger partial charge in [-0.25, -0.2) is 14.6 Å². The molecule has 0 aliphatic carbocycles. The van der Waals surface area contributed by atoms with Gasteiger partial charge in [0.25, 0.3) is 5.91 Å². The number of nitrogens with one attached hydrogen (secondary N) is 2. The van der Waals surface area contributed by atoms with Gasteiger partial charge in [-0.15, -0.1) is 11.3 Å². The zero-order valence-electron chi connectivity index (χ0n) is 23.1. The topological polar surface area (TPSA) is 104 Å². The third-order valence-electron chi connectivity index (χ3n) is 7.07. The van der Waals surface area contributed by atoms with Crippen LogP contribution >= 0.6 is 11.3 Å². The number of thiophene rings is 1. The fourth-order valence-electron chi connectivity index (χ4n) is 5.29. The van der Waals surface area contributed by atoms with Crippen LogP contribution in [0, 0.1) is 0 Å². The molecule has 0 bridgehead atoms. The summed E-state index contributed by atoms with van der Waals surface area (Å²) in [5.41, 5.74) is 3.30. The molecule has 0 saturated carbocycles. The molecular weight excluding hydrogens is 538 g/mol. The van der Waals surface area contributed by atoms with Crippen molar-refractivity contribution in [3.63, 3.8) is 0 Å². The largest absolute Gasteiger partial charge is 0.444 e. The molecular formula is C31H31N5O4S. The third-order valence-corrected chi connectivity index (χ3v) is 8.17. The number of anilines is 3. The van der Waals surface area contributed by atoms with E-state index < -0.39 is 5.60 Å². The highest BCUT2D eigenvalue weighted by Crippen LogP contribution is 2.46. The van der Waals surface area contributed by atoms with Gasteiger partial charge in [-0.05, 0) is 62.9 Å². The van der Waals surface area contributed by atoms with E-state index in [1.165, 1.54) is 11.3 Å².